The van der Waals surface area contributed by atoms with Crippen LogP contribution in [-0.4, -0.2) is 10.2 Å². The fourth-order valence-corrected chi connectivity index (χ4v) is 8.03. The van der Waals surface area contributed by atoms with Crippen LogP contribution >= 0.6 is 0 Å². The smallest absolute Gasteiger partial charge is 0.123 e. The normalized spacial score (nSPS) is 25.2. The van der Waals surface area contributed by atoms with Gasteiger partial charge < -0.3 is 10.2 Å². The molecule has 0 heterocycles. The van der Waals surface area contributed by atoms with Crippen molar-refractivity contribution in [1.82, 2.24) is 0 Å². The van der Waals surface area contributed by atoms with Gasteiger partial charge in [0.25, 0.3) is 0 Å². The fourth-order valence-electron chi connectivity index (χ4n) is 8.03. The summed E-state index contributed by atoms with van der Waals surface area (Å²) in [6.07, 6.45) is 3.17. The number of benzene rings is 2. The molecule has 2 nitrogen and oxygen atoms in total. The maximum absolute atomic E-state index is 12.1. The number of phenols is 2. The first-order chi connectivity index (χ1) is 16.2. The SMILES string of the molecule is CC(C)(C)c1cc(C(C)(C)C)c2c(c1O)C13c4c(O)c(C(C)(C)C)cc(C(C)(C)C)c4C[C@H]1C[C@H]3C2. The highest BCUT2D eigenvalue weighted by atomic mass is 16.3. The highest BCUT2D eigenvalue weighted by Crippen LogP contribution is 2.73. The maximum atomic E-state index is 12.1. The molecule has 3 atom stereocenters. The summed E-state index contributed by atoms with van der Waals surface area (Å²) in [5.41, 5.74) is 9.21. The van der Waals surface area contributed by atoms with Crippen molar-refractivity contribution in [3.63, 3.8) is 0 Å². The van der Waals surface area contributed by atoms with Crippen LogP contribution in [0.15, 0.2) is 12.1 Å². The van der Waals surface area contributed by atoms with E-state index < -0.39 is 0 Å². The first-order valence-electron chi connectivity index (χ1n) is 14.0. The predicted molar refractivity (Wildman–Crippen MR) is 151 cm³/mol. The monoisotopic (exact) mass is 488 g/mol. The van der Waals surface area contributed by atoms with Crippen LogP contribution in [-0.2, 0) is 39.9 Å². The lowest BCUT2D eigenvalue weighted by molar-refractivity contribution is 0.0934. The van der Waals surface area contributed by atoms with E-state index in [1.807, 2.05) is 0 Å². The molecule has 196 valence electrons. The summed E-state index contributed by atoms with van der Waals surface area (Å²) in [5.74, 6) is 1.86. The van der Waals surface area contributed by atoms with Gasteiger partial charge in [-0.3, -0.25) is 0 Å². The number of phenolic OH excluding ortho intramolecular Hbond substituents is 2. The van der Waals surface area contributed by atoms with Crippen molar-refractivity contribution in [2.75, 3.05) is 0 Å². The third-order valence-electron chi connectivity index (χ3n) is 9.63. The van der Waals surface area contributed by atoms with Gasteiger partial charge in [0.05, 0.1) is 0 Å². The number of fused-ring (bicyclic) bond motifs is 2. The average molecular weight is 489 g/mol. The number of aromatic hydroxyl groups is 2. The second kappa shape index (κ2) is 7.12. The molecule has 2 heteroatoms. The molecule has 0 saturated heterocycles. The van der Waals surface area contributed by atoms with Gasteiger partial charge in [0.2, 0.25) is 0 Å². The molecule has 2 N–H and O–H groups in total. The zero-order valence-electron chi connectivity index (χ0n) is 24.8. The highest BCUT2D eigenvalue weighted by molar-refractivity contribution is 5.72. The van der Waals surface area contributed by atoms with Gasteiger partial charge in [0.1, 0.15) is 11.5 Å². The van der Waals surface area contributed by atoms with E-state index in [1.165, 1.54) is 28.7 Å². The maximum Gasteiger partial charge on any atom is 0.123 e. The van der Waals surface area contributed by atoms with Gasteiger partial charge in [-0.05, 0) is 86.1 Å². The standard InChI is InChI=1S/C34H48O2/c1-30(2,3)22-16-24(32(7,8)9)28(35)26-20(22)14-18-13-19-15-21-23(31(4,5)6)17-25(33(10,11)12)29(36)27(21)34(18,19)26/h16-19,35-36H,13-15H2,1-12H3/t18-,19+,34?. The number of hydrogen-bond donors (Lipinski definition) is 2. The number of hydrogen-bond acceptors (Lipinski definition) is 2. The van der Waals surface area contributed by atoms with Gasteiger partial charge in [0, 0.05) is 16.5 Å². The molecule has 1 fully saturated rings. The quantitative estimate of drug-likeness (QED) is 0.391. The number of rotatable bonds is 0. The lowest BCUT2D eigenvalue weighted by Crippen LogP contribution is -2.49. The zero-order chi connectivity index (χ0) is 27.0. The Balaban J connectivity index is 1.93. The van der Waals surface area contributed by atoms with Crippen molar-refractivity contribution >= 4 is 0 Å². The van der Waals surface area contributed by atoms with Crippen molar-refractivity contribution in [3.8, 4) is 11.5 Å². The molecule has 36 heavy (non-hydrogen) atoms. The largest absolute Gasteiger partial charge is 0.507 e. The van der Waals surface area contributed by atoms with Crippen LogP contribution in [0.5, 0.6) is 11.5 Å². The fraction of sp³-hybridized carbons (Fsp3) is 0.647. The molecule has 2 aromatic rings. The topological polar surface area (TPSA) is 40.5 Å². The van der Waals surface area contributed by atoms with E-state index >= 15 is 0 Å². The second-order valence-corrected chi connectivity index (χ2v) is 16.3. The Bertz CT molecular complexity index is 1170. The van der Waals surface area contributed by atoms with Crippen molar-refractivity contribution < 1.29 is 10.2 Å². The highest BCUT2D eigenvalue weighted by Gasteiger charge is 2.67. The molecular formula is C34H48O2. The van der Waals surface area contributed by atoms with Crippen LogP contribution in [0.25, 0.3) is 0 Å². The van der Waals surface area contributed by atoms with E-state index in [2.05, 4.69) is 95.2 Å². The Kier molecular flexibility index (Phi) is 5.08. The van der Waals surface area contributed by atoms with E-state index in [0.29, 0.717) is 23.3 Å². The van der Waals surface area contributed by atoms with E-state index in [4.69, 9.17) is 0 Å². The Morgan fingerprint density at radius 1 is 0.556 bits per heavy atom. The molecule has 0 aliphatic heterocycles. The molecule has 5 rings (SSSR count). The molecule has 1 unspecified atom stereocenters. The Morgan fingerprint density at radius 3 is 1.14 bits per heavy atom. The minimum absolute atomic E-state index is 0.0129. The van der Waals surface area contributed by atoms with E-state index in [0.717, 1.165) is 35.1 Å². The van der Waals surface area contributed by atoms with Crippen molar-refractivity contribution in [1.29, 1.82) is 0 Å². The summed E-state index contributed by atoms with van der Waals surface area (Å²) in [4.78, 5) is 0. The van der Waals surface area contributed by atoms with Crippen LogP contribution in [0.4, 0.5) is 0 Å². The van der Waals surface area contributed by atoms with Crippen LogP contribution in [0.2, 0.25) is 0 Å². The first-order valence-corrected chi connectivity index (χ1v) is 14.0. The minimum Gasteiger partial charge on any atom is -0.507 e. The molecule has 0 amide bonds. The summed E-state index contributed by atoms with van der Waals surface area (Å²) in [6.45, 7) is 27.1. The third kappa shape index (κ3) is 3.21. The van der Waals surface area contributed by atoms with Crippen molar-refractivity contribution in [3.05, 3.63) is 56.6 Å². The van der Waals surface area contributed by atoms with Gasteiger partial charge in [0.15, 0.2) is 0 Å². The first kappa shape index (κ1) is 25.7. The molecule has 0 bridgehead atoms. The summed E-state index contributed by atoms with van der Waals surface area (Å²) < 4.78 is 0. The molecule has 2 aromatic carbocycles. The van der Waals surface area contributed by atoms with Crippen LogP contribution < -0.4 is 0 Å². The molecule has 0 aromatic heterocycles. The molecule has 3 aliphatic rings. The summed E-state index contributed by atoms with van der Waals surface area (Å²) in [5, 5.41) is 24.2. The van der Waals surface area contributed by atoms with Gasteiger partial charge in [-0.1, -0.05) is 95.2 Å². The van der Waals surface area contributed by atoms with Crippen LogP contribution in [0, 0.1) is 11.8 Å². The summed E-state index contributed by atoms with van der Waals surface area (Å²) >= 11 is 0. The lowest BCUT2D eigenvalue weighted by atomic mass is 9.52. The molecule has 0 radical (unpaired) electrons. The van der Waals surface area contributed by atoms with Gasteiger partial charge in [-0.2, -0.15) is 0 Å². The summed E-state index contributed by atoms with van der Waals surface area (Å²) in [6, 6.07) is 4.60. The lowest BCUT2D eigenvalue weighted by Gasteiger charge is -2.50. The molecule has 1 saturated carbocycles. The van der Waals surface area contributed by atoms with E-state index in [9.17, 15) is 10.2 Å². The van der Waals surface area contributed by atoms with E-state index in [1.54, 1.807) is 0 Å². The third-order valence-corrected chi connectivity index (χ3v) is 9.63. The average Bonchev–Trinajstić information content (AvgIpc) is 3.07. The Labute approximate surface area is 219 Å². The van der Waals surface area contributed by atoms with Gasteiger partial charge in [-0.25, -0.2) is 0 Å². The van der Waals surface area contributed by atoms with Gasteiger partial charge in [-0.15, -0.1) is 0 Å². The van der Waals surface area contributed by atoms with E-state index in [-0.39, 0.29) is 27.1 Å². The summed E-state index contributed by atoms with van der Waals surface area (Å²) in [7, 11) is 0. The predicted octanol–water partition coefficient (Wildman–Crippen LogP) is 8.32. The van der Waals surface area contributed by atoms with Crippen LogP contribution in [0.1, 0.15) is 134 Å². The molecule has 1 spiro atoms. The minimum atomic E-state index is -0.276. The Hall–Kier alpha value is -1.96. The van der Waals surface area contributed by atoms with Crippen molar-refractivity contribution in [2.24, 2.45) is 11.8 Å². The van der Waals surface area contributed by atoms with Gasteiger partial charge >= 0.3 is 0 Å². The van der Waals surface area contributed by atoms with Crippen LogP contribution in [0.3, 0.4) is 0 Å². The Morgan fingerprint density at radius 2 is 0.861 bits per heavy atom. The zero-order valence-corrected chi connectivity index (χ0v) is 24.8. The molecule has 3 aliphatic carbocycles. The molecular weight excluding hydrogens is 440 g/mol. The second-order valence-electron chi connectivity index (χ2n) is 16.3. The van der Waals surface area contributed by atoms with Crippen molar-refractivity contribution in [2.45, 2.75) is 129 Å².